The molecule has 0 saturated carbocycles. The lowest BCUT2D eigenvalue weighted by molar-refractivity contribution is 0.813. The minimum absolute atomic E-state index is 0.827. The molecule has 1 aliphatic heterocycles. The molecule has 3 rings (SSSR count). The third-order valence-electron chi connectivity index (χ3n) is 3.25. The number of aromatic nitrogens is 1. The predicted molar refractivity (Wildman–Crippen MR) is 81.6 cm³/mol. The number of hydrogen-bond donors (Lipinski definition) is 1. The summed E-state index contributed by atoms with van der Waals surface area (Å²) in [5, 5.41) is 0. The average molecular weight is 271 g/mol. The summed E-state index contributed by atoms with van der Waals surface area (Å²) in [6.07, 6.45) is 3.84. The second kappa shape index (κ2) is 5.13. The van der Waals surface area contributed by atoms with Gasteiger partial charge in [-0.2, -0.15) is 0 Å². The molecule has 0 radical (unpaired) electrons. The lowest BCUT2D eigenvalue weighted by Crippen LogP contribution is -2.28. The lowest BCUT2D eigenvalue weighted by atomic mass is 10.2. The Morgan fingerprint density at radius 1 is 1.32 bits per heavy atom. The van der Waals surface area contributed by atoms with Gasteiger partial charge in [0, 0.05) is 41.8 Å². The summed E-state index contributed by atoms with van der Waals surface area (Å²) in [5.74, 6) is 1.12. The fourth-order valence-corrected chi connectivity index (χ4v) is 3.41. The Hall–Kier alpha value is -1.68. The van der Waals surface area contributed by atoms with E-state index in [1.807, 2.05) is 30.2 Å². The number of pyridine rings is 1. The number of nitrogens with zero attached hydrogens (tertiary/aromatic N) is 2. The molecule has 1 aromatic carbocycles. The number of benzene rings is 1. The number of anilines is 2. The normalized spacial score (nSPS) is 14.3. The highest BCUT2D eigenvalue weighted by molar-refractivity contribution is 7.99. The summed E-state index contributed by atoms with van der Waals surface area (Å²) in [6, 6.07) is 8.37. The van der Waals surface area contributed by atoms with E-state index in [0.29, 0.717) is 0 Å². The van der Waals surface area contributed by atoms with Crippen LogP contribution in [0, 0.1) is 6.92 Å². The first kappa shape index (κ1) is 12.4. The minimum Gasteiger partial charge on any atom is -0.399 e. The first-order valence-corrected chi connectivity index (χ1v) is 7.39. The standard InChI is InChI=1S/C15H17N3S/c1-11-6-12(9-17-8-11)10-18-4-5-19-15-3-2-13(16)7-14(15)18/h2-3,6-9H,4-5,10,16H2,1H3. The van der Waals surface area contributed by atoms with Crippen LogP contribution in [0.5, 0.6) is 0 Å². The monoisotopic (exact) mass is 271 g/mol. The van der Waals surface area contributed by atoms with Gasteiger partial charge in [0.2, 0.25) is 0 Å². The number of nitrogens with two attached hydrogens (primary N) is 1. The molecule has 0 saturated heterocycles. The van der Waals surface area contributed by atoms with Crippen LogP contribution in [0.2, 0.25) is 0 Å². The van der Waals surface area contributed by atoms with E-state index in [2.05, 4.69) is 35.0 Å². The molecule has 3 nitrogen and oxygen atoms in total. The largest absolute Gasteiger partial charge is 0.399 e. The molecule has 0 aliphatic carbocycles. The van der Waals surface area contributed by atoms with Crippen molar-refractivity contribution in [3.05, 3.63) is 47.8 Å². The topological polar surface area (TPSA) is 42.2 Å². The van der Waals surface area contributed by atoms with Gasteiger partial charge in [-0.3, -0.25) is 4.98 Å². The average Bonchev–Trinajstić information content (AvgIpc) is 2.39. The molecule has 0 atom stereocenters. The molecule has 1 aliphatic rings. The molecule has 2 aromatic rings. The van der Waals surface area contributed by atoms with Crippen molar-refractivity contribution < 1.29 is 0 Å². The molecule has 0 amide bonds. The van der Waals surface area contributed by atoms with E-state index in [-0.39, 0.29) is 0 Å². The zero-order chi connectivity index (χ0) is 13.2. The number of fused-ring (bicyclic) bond motifs is 1. The molecule has 19 heavy (non-hydrogen) atoms. The second-order valence-corrected chi connectivity index (χ2v) is 6.00. The minimum atomic E-state index is 0.827. The van der Waals surface area contributed by atoms with Crippen molar-refractivity contribution in [2.75, 3.05) is 22.9 Å². The van der Waals surface area contributed by atoms with Gasteiger partial charge >= 0.3 is 0 Å². The van der Waals surface area contributed by atoms with Gasteiger partial charge in [0.15, 0.2) is 0 Å². The molecular formula is C15H17N3S. The summed E-state index contributed by atoms with van der Waals surface area (Å²) in [7, 11) is 0. The van der Waals surface area contributed by atoms with Crippen LogP contribution < -0.4 is 10.6 Å². The molecular weight excluding hydrogens is 254 g/mol. The van der Waals surface area contributed by atoms with E-state index in [0.717, 1.165) is 24.5 Å². The maximum atomic E-state index is 5.91. The quantitative estimate of drug-likeness (QED) is 0.852. The van der Waals surface area contributed by atoms with E-state index in [9.17, 15) is 0 Å². The molecule has 0 spiro atoms. The summed E-state index contributed by atoms with van der Waals surface area (Å²) in [6.45, 7) is 4.02. The maximum Gasteiger partial charge on any atom is 0.0528 e. The third-order valence-corrected chi connectivity index (χ3v) is 4.29. The highest BCUT2D eigenvalue weighted by atomic mass is 32.2. The van der Waals surface area contributed by atoms with Crippen LogP contribution in [0.3, 0.4) is 0 Å². The number of thioether (sulfide) groups is 1. The second-order valence-electron chi connectivity index (χ2n) is 4.87. The van der Waals surface area contributed by atoms with Gasteiger partial charge in [0.25, 0.3) is 0 Å². The number of nitrogen functional groups attached to an aromatic ring is 1. The summed E-state index contributed by atoms with van der Waals surface area (Å²) in [4.78, 5) is 7.97. The Morgan fingerprint density at radius 2 is 2.21 bits per heavy atom. The van der Waals surface area contributed by atoms with Gasteiger partial charge in [-0.25, -0.2) is 0 Å². The van der Waals surface area contributed by atoms with Crippen molar-refractivity contribution in [3.8, 4) is 0 Å². The highest BCUT2D eigenvalue weighted by Crippen LogP contribution is 2.36. The van der Waals surface area contributed by atoms with Crippen molar-refractivity contribution in [2.24, 2.45) is 0 Å². The predicted octanol–water partition coefficient (Wildman–Crippen LogP) is 3.08. The Labute approximate surface area is 117 Å². The lowest BCUT2D eigenvalue weighted by Gasteiger charge is -2.31. The Bertz CT molecular complexity index is 598. The molecule has 2 heterocycles. The number of rotatable bonds is 2. The van der Waals surface area contributed by atoms with E-state index >= 15 is 0 Å². The van der Waals surface area contributed by atoms with Crippen LogP contribution in [0.1, 0.15) is 11.1 Å². The van der Waals surface area contributed by atoms with E-state index in [1.54, 1.807) is 0 Å². The van der Waals surface area contributed by atoms with Gasteiger partial charge in [0.05, 0.1) is 5.69 Å². The molecule has 0 fully saturated rings. The molecule has 0 unspecified atom stereocenters. The van der Waals surface area contributed by atoms with Crippen molar-refractivity contribution in [2.45, 2.75) is 18.4 Å². The van der Waals surface area contributed by atoms with Gasteiger partial charge in [-0.15, -0.1) is 11.8 Å². The zero-order valence-corrected chi connectivity index (χ0v) is 11.8. The van der Waals surface area contributed by atoms with E-state index < -0.39 is 0 Å². The van der Waals surface area contributed by atoms with Crippen LogP contribution in [0.15, 0.2) is 41.6 Å². The third kappa shape index (κ3) is 2.68. The summed E-state index contributed by atoms with van der Waals surface area (Å²) >= 11 is 1.90. The summed E-state index contributed by atoms with van der Waals surface area (Å²) in [5.41, 5.74) is 10.4. The van der Waals surface area contributed by atoms with Crippen LogP contribution in [0.4, 0.5) is 11.4 Å². The first-order chi connectivity index (χ1) is 9.22. The van der Waals surface area contributed by atoms with Crippen LogP contribution >= 0.6 is 11.8 Å². The van der Waals surface area contributed by atoms with Gasteiger partial charge in [-0.05, 0) is 36.2 Å². The first-order valence-electron chi connectivity index (χ1n) is 6.40. The maximum absolute atomic E-state index is 5.91. The smallest absolute Gasteiger partial charge is 0.0528 e. The van der Waals surface area contributed by atoms with E-state index in [4.69, 9.17) is 5.73 Å². The molecule has 1 aromatic heterocycles. The van der Waals surface area contributed by atoms with Crippen molar-refractivity contribution in [1.82, 2.24) is 4.98 Å². The van der Waals surface area contributed by atoms with Crippen molar-refractivity contribution >= 4 is 23.1 Å². The fraction of sp³-hybridized carbons (Fsp3) is 0.267. The Morgan fingerprint density at radius 3 is 3.05 bits per heavy atom. The zero-order valence-electron chi connectivity index (χ0n) is 11.0. The Balaban J connectivity index is 1.89. The van der Waals surface area contributed by atoms with Crippen molar-refractivity contribution in [3.63, 3.8) is 0 Å². The van der Waals surface area contributed by atoms with Crippen LogP contribution in [-0.4, -0.2) is 17.3 Å². The number of aryl methyl sites for hydroxylation is 1. The fourth-order valence-electron chi connectivity index (χ4n) is 2.38. The SMILES string of the molecule is Cc1cncc(CN2CCSc3ccc(N)cc32)c1. The highest BCUT2D eigenvalue weighted by Gasteiger charge is 2.17. The molecule has 2 N–H and O–H groups in total. The van der Waals surface area contributed by atoms with Gasteiger partial charge in [0.1, 0.15) is 0 Å². The molecule has 4 heteroatoms. The van der Waals surface area contributed by atoms with Crippen molar-refractivity contribution in [1.29, 1.82) is 0 Å². The summed E-state index contributed by atoms with van der Waals surface area (Å²) < 4.78 is 0. The molecule has 0 bridgehead atoms. The van der Waals surface area contributed by atoms with Gasteiger partial charge < -0.3 is 10.6 Å². The number of hydrogen-bond acceptors (Lipinski definition) is 4. The van der Waals surface area contributed by atoms with Crippen LogP contribution in [0.25, 0.3) is 0 Å². The molecule has 98 valence electrons. The van der Waals surface area contributed by atoms with E-state index in [1.165, 1.54) is 21.7 Å². The van der Waals surface area contributed by atoms with Crippen LogP contribution in [-0.2, 0) is 6.54 Å². The Kier molecular flexibility index (Phi) is 3.34. The van der Waals surface area contributed by atoms with Gasteiger partial charge in [-0.1, -0.05) is 6.07 Å².